The van der Waals surface area contributed by atoms with Crippen LogP contribution in [-0.4, -0.2) is 16.4 Å². The Morgan fingerprint density at radius 1 is 1.56 bits per heavy atom. The molecule has 0 radical (unpaired) electrons. The van der Waals surface area contributed by atoms with E-state index in [4.69, 9.17) is 11.6 Å². The molecule has 1 fully saturated rings. The lowest BCUT2D eigenvalue weighted by Crippen LogP contribution is -2.53. The summed E-state index contributed by atoms with van der Waals surface area (Å²) in [6.45, 7) is 2.10. The van der Waals surface area contributed by atoms with E-state index < -0.39 is 0 Å². The molecule has 0 saturated heterocycles. The molecule has 2 rings (SSSR count). The highest BCUT2D eigenvalue weighted by Gasteiger charge is 2.36. The molecule has 1 aromatic heterocycles. The average Bonchev–Trinajstić information content (AvgIpc) is 2.23. The Bertz CT molecular complexity index is 396. The molecule has 1 amide bonds. The van der Waals surface area contributed by atoms with Crippen LogP contribution < -0.4 is 5.32 Å². The molecule has 4 heteroatoms. The molecule has 1 aliphatic rings. The molecule has 3 nitrogen and oxygen atoms in total. The molecule has 0 aliphatic heterocycles. The number of hydrogen-bond acceptors (Lipinski definition) is 2. The van der Waals surface area contributed by atoms with Crippen molar-refractivity contribution in [1.82, 2.24) is 10.3 Å². The van der Waals surface area contributed by atoms with Crippen molar-refractivity contribution in [2.75, 3.05) is 0 Å². The van der Waals surface area contributed by atoms with E-state index >= 15 is 0 Å². The van der Waals surface area contributed by atoms with E-state index in [2.05, 4.69) is 17.2 Å². The Labute approximate surface area is 100 Å². The molecule has 16 heavy (non-hydrogen) atoms. The van der Waals surface area contributed by atoms with Crippen LogP contribution in [-0.2, 0) is 0 Å². The normalized spacial score (nSPS) is 17.6. The zero-order chi connectivity index (χ0) is 11.6. The predicted octanol–water partition coefficient (Wildman–Crippen LogP) is 2.80. The molecule has 1 aromatic rings. The molecule has 0 unspecified atom stereocenters. The number of nitrogens with one attached hydrogen (secondary N) is 1. The molecular weight excluding hydrogens is 224 g/mol. The Kier molecular flexibility index (Phi) is 3.15. The second-order valence-electron chi connectivity index (χ2n) is 4.29. The minimum absolute atomic E-state index is 0.00107. The predicted molar refractivity (Wildman–Crippen MR) is 63.6 cm³/mol. The van der Waals surface area contributed by atoms with Crippen LogP contribution in [0.15, 0.2) is 18.2 Å². The van der Waals surface area contributed by atoms with Crippen LogP contribution >= 0.6 is 11.6 Å². The Morgan fingerprint density at radius 3 is 2.81 bits per heavy atom. The molecule has 1 heterocycles. The number of carbonyl (C=O) groups is 1. The summed E-state index contributed by atoms with van der Waals surface area (Å²) < 4.78 is 0. The lowest BCUT2D eigenvalue weighted by atomic mass is 9.75. The minimum Gasteiger partial charge on any atom is -0.345 e. The lowest BCUT2D eigenvalue weighted by Gasteiger charge is -2.41. The van der Waals surface area contributed by atoms with Gasteiger partial charge in [-0.05, 0) is 37.8 Å². The number of aromatic nitrogens is 1. The van der Waals surface area contributed by atoms with Crippen molar-refractivity contribution < 1.29 is 4.79 Å². The second kappa shape index (κ2) is 4.42. The van der Waals surface area contributed by atoms with Crippen LogP contribution in [0.3, 0.4) is 0 Å². The summed E-state index contributed by atoms with van der Waals surface area (Å²) in [6.07, 6.45) is 4.29. The first-order chi connectivity index (χ1) is 7.65. The van der Waals surface area contributed by atoms with Crippen molar-refractivity contribution in [2.24, 2.45) is 0 Å². The van der Waals surface area contributed by atoms with Crippen molar-refractivity contribution in [3.8, 4) is 0 Å². The van der Waals surface area contributed by atoms with Crippen LogP contribution in [0.4, 0.5) is 0 Å². The fourth-order valence-electron chi connectivity index (χ4n) is 2.01. The molecule has 86 valence electrons. The Morgan fingerprint density at radius 2 is 2.31 bits per heavy atom. The summed E-state index contributed by atoms with van der Waals surface area (Å²) in [6, 6.07) is 5.09. The van der Waals surface area contributed by atoms with Gasteiger partial charge in [-0.2, -0.15) is 0 Å². The van der Waals surface area contributed by atoms with E-state index in [1.165, 1.54) is 6.42 Å². The molecule has 0 spiro atoms. The standard InChI is InChI=1S/C12H15ClN2O/c1-2-12(7-4-8-12)15-11(16)9-5-3-6-10(13)14-9/h3,5-6H,2,4,7-8H2,1H3,(H,15,16). The zero-order valence-corrected chi connectivity index (χ0v) is 10.0. The van der Waals surface area contributed by atoms with E-state index in [9.17, 15) is 4.79 Å². The average molecular weight is 239 g/mol. The molecule has 1 saturated carbocycles. The second-order valence-corrected chi connectivity index (χ2v) is 4.67. The first-order valence-corrected chi connectivity index (χ1v) is 5.98. The van der Waals surface area contributed by atoms with Crippen LogP contribution in [0.2, 0.25) is 5.15 Å². The van der Waals surface area contributed by atoms with Crippen molar-refractivity contribution >= 4 is 17.5 Å². The summed E-state index contributed by atoms with van der Waals surface area (Å²) in [5.41, 5.74) is 0.397. The SMILES string of the molecule is CCC1(NC(=O)c2cccc(Cl)n2)CCC1. The monoisotopic (exact) mass is 238 g/mol. The van der Waals surface area contributed by atoms with E-state index in [1.807, 2.05) is 0 Å². The van der Waals surface area contributed by atoms with Crippen LogP contribution in [0.25, 0.3) is 0 Å². The Hall–Kier alpha value is -1.09. The smallest absolute Gasteiger partial charge is 0.270 e. The van der Waals surface area contributed by atoms with Crippen LogP contribution in [0.1, 0.15) is 43.1 Å². The number of halogens is 1. The zero-order valence-electron chi connectivity index (χ0n) is 9.29. The summed E-state index contributed by atoms with van der Waals surface area (Å²) in [5.74, 6) is -0.121. The summed E-state index contributed by atoms with van der Waals surface area (Å²) in [5, 5.41) is 3.42. The molecule has 1 N–H and O–H groups in total. The maximum Gasteiger partial charge on any atom is 0.270 e. The number of nitrogens with zero attached hydrogens (tertiary/aromatic N) is 1. The maximum absolute atomic E-state index is 11.9. The number of rotatable bonds is 3. The molecule has 0 aromatic carbocycles. The molecule has 1 aliphatic carbocycles. The van der Waals surface area contributed by atoms with Gasteiger partial charge >= 0.3 is 0 Å². The highest BCUT2D eigenvalue weighted by molar-refractivity contribution is 6.29. The van der Waals surface area contributed by atoms with Gasteiger partial charge in [0.1, 0.15) is 10.8 Å². The van der Waals surface area contributed by atoms with Crippen molar-refractivity contribution in [3.05, 3.63) is 29.0 Å². The highest BCUT2D eigenvalue weighted by atomic mass is 35.5. The van der Waals surface area contributed by atoms with Gasteiger partial charge in [0.15, 0.2) is 0 Å². The Balaban J connectivity index is 2.08. The van der Waals surface area contributed by atoms with Gasteiger partial charge in [0, 0.05) is 5.54 Å². The van der Waals surface area contributed by atoms with Gasteiger partial charge in [0.05, 0.1) is 0 Å². The van der Waals surface area contributed by atoms with E-state index in [0.717, 1.165) is 19.3 Å². The summed E-state index contributed by atoms with van der Waals surface area (Å²) >= 11 is 5.75. The van der Waals surface area contributed by atoms with Gasteiger partial charge in [-0.15, -0.1) is 0 Å². The quantitative estimate of drug-likeness (QED) is 0.823. The minimum atomic E-state index is -0.121. The third kappa shape index (κ3) is 2.19. The molecular formula is C12H15ClN2O. The van der Waals surface area contributed by atoms with E-state index in [-0.39, 0.29) is 11.4 Å². The van der Waals surface area contributed by atoms with Crippen LogP contribution in [0.5, 0.6) is 0 Å². The van der Waals surface area contributed by atoms with Crippen molar-refractivity contribution in [2.45, 2.75) is 38.1 Å². The molecule has 0 atom stereocenters. The van der Waals surface area contributed by atoms with Gasteiger partial charge in [0.25, 0.3) is 5.91 Å². The van der Waals surface area contributed by atoms with Gasteiger partial charge < -0.3 is 5.32 Å². The summed E-state index contributed by atoms with van der Waals surface area (Å²) in [4.78, 5) is 15.9. The topological polar surface area (TPSA) is 42.0 Å². The third-order valence-corrected chi connectivity index (χ3v) is 3.52. The molecule has 0 bridgehead atoms. The van der Waals surface area contributed by atoms with Gasteiger partial charge in [-0.3, -0.25) is 4.79 Å². The first kappa shape index (κ1) is 11.4. The number of amides is 1. The maximum atomic E-state index is 11.9. The van der Waals surface area contributed by atoms with Crippen molar-refractivity contribution in [1.29, 1.82) is 0 Å². The number of carbonyl (C=O) groups excluding carboxylic acids is 1. The fourth-order valence-corrected chi connectivity index (χ4v) is 2.17. The van der Waals surface area contributed by atoms with Gasteiger partial charge in [-0.25, -0.2) is 4.98 Å². The lowest BCUT2D eigenvalue weighted by molar-refractivity contribution is 0.0815. The van der Waals surface area contributed by atoms with Gasteiger partial charge in [-0.1, -0.05) is 24.6 Å². The van der Waals surface area contributed by atoms with E-state index in [1.54, 1.807) is 18.2 Å². The summed E-state index contributed by atoms with van der Waals surface area (Å²) in [7, 11) is 0. The third-order valence-electron chi connectivity index (χ3n) is 3.31. The fraction of sp³-hybridized carbons (Fsp3) is 0.500. The highest BCUT2D eigenvalue weighted by Crippen LogP contribution is 2.34. The van der Waals surface area contributed by atoms with E-state index in [0.29, 0.717) is 10.8 Å². The van der Waals surface area contributed by atoms with Crippen LogP contribution in [0, 0.1) is 0 Å². The van der Waals surface area contributed by atoms with Gasteiger partial charge in [0.2, 0.25) is 0 Å². The number of pyridine rings is 1. The number of hydrogen-bond donors (Lipinski definition) is 1. The largest absolute Gasteiger partial charge is 0.345 e. The van der Waals surface area contributed by atoms with Crippen molar-refractivity contribution in [3.63, 3.8) is 0 Å². The first-order valence-electron chi connectivity index (χ1n) is 5.60.